The van der Waals surface area contributed by atoms with E-state index in [1.54, 1.807) is 18.7 Å². The summed E-state index contributed by atoms with van der Waals surface area (Å²) in [4.78, 5) is 2.19. The summed E-state index contributed by atoms with van der Waals surface area (Å²) >= 11 is 1.73. The van der Waals surface area contributed by atoms with Crippen LogP contribution in [0.2, 0.25) is 0 Å². The molecule has 0 aromatic heterocycles. The van der Waals surface area contributed by atoms with Gasteiger partial charge >= 0.3 is 0 Å². The average Bonchev–Trinajstić information content (AvgIpc) is 2.73. The molecule has 5 nitrogen and oxygen atoms in total. The first-order valence-corrected chi connectivity index (χ1v) is 10.3. The number of ether oxygens (including phenoxy) is 1. The number of rotatable bonds is 4. The molecule has 2 fully saturated rings. The van der Waals surface area contributed by atoms with Crippen molar-refractivity contribution < 1.29 is 13.2 Å². The smallest absolute Gasteiger partial charge is 0.166 e. The molecular weight excluding hydrogens is 296 g/mol. The van der Waals surface area contributed by atoms with Gasteiger partial charge in [-0.05, 0) is 19.3 Å². The molecule has 0 aromatic carbocycles. The molecule has 2 aliphatic rings. The fraction of sp³-hybridized carbons (Fsp3) is 1.00. The van der Waals surface area contributed by atoms with E-state index < -0.39 is 9.84 Å². The lowest BCUT2D eigenvalue weighted by molar-refractivity contribution is 0.0633. The Kier molecular flexibility index (Phi) is 5.76. The molecule has 2 N–H and O–H groups in total. The van der Waals surface area contributed by atoms with Crippen molar-refractivity contribution in [1.82, 2.24) is 4.90 Å². The topological polar surface area (TPSA) is 72.6 Å². The lowest BCUT2D eigenvalue weighted by Gasteiger charge is -2.48. The van der Waals surface area contributed by atoms with E-state index in [0.29, 0.717) is 18.9 Å². The molecule has 0 amide bonds. The van der Waals surface area contributed by atoms with E-state index in [0.717, 1.165) is 38.2 Å². The van der Waals surface area contributed by atoms with Gasteiger partial charge in [-0.1, -0.05) is 6.92 Å². The largest absolute Gasteiger partial charge is 0.381 e. The van der Waals surface area contributed by atoms with Crippen molar-refractivity contribution in [2.45, 2.75) is 37.1 Å². The molecule has 2 saturated heterocycles. The Hall–Kier alpha value is 0.180. The monoisotopic (exact) mass is 322 g/mol. The summed E-state index contributed by atoms with van der Waals surface area (Å²) in [5, 5.41) is -0.382. The van der Waals surface area contributed by atoms with E-state index >= 15 is 0 Å². The maximum atomic E-state index is 12.4. The zero-order valence-electron chi connectivity index (χ0n) is 12.2. The van der Waals surface area contributed by atoms with Crippen molar-refractivity contribution in [1.29, 1.82) is 0 Å². The number of nitrogens with two attached hydrogens (primary N) is 1. The predicted molar refractivity (Wildman–Crippen MR) is 83.7 cm³/mol. The molecular formula is C13H26N2O3S2. The molecule has 0 aliphatic carbocycles. The molecule has 2 unspecified atom stereocenters. The van der Waals surface area contributed by atoms with Gasteiger partial charge in [-0.2, -0.15) is 11.8 Å². The molecule has 2 aliphatic heterocycles. The first-order chi connectivity index (χ1) is 9.56. The number of sulfone groups is 1. The van der Waals surface area contributed by atoms with Crippen LogP contribution in [0.4, 0.5) is 0 Å². The van der Waals surface area contributed by atoms with Crippen molar-refractivity contribution >= 4 is 21.6 Å². The zero-order valence-corrected chi connectivity index (χ0v) is 13.8. The van der Waals surface area contributed by atoms with Gasteiger partial charge in [0.1, 0.15) is 5.37 Å². The Balaban J connectivity index is 2.29. The van der Waals surface area contributed by atoms with E-state index in [1.807, 2.05) is 0 Å². The van der Waals surface area contributed by atoms with Gasteiger partial charge in [0.25, 0.3) is 0 Å². The number of hydrogen-bond acceptors (Lipinski definition) is 6. The second-order valence-electron chi connectivity index (χ2n) is 5.57. The van der Waals surface area contributed by atoms with Crippen LogP contribution in [0, 0.1) is 0 Å². The first-order valence-electron chi connectivity index (χ1n) is 7.39. The highest BCUT2D eigenvalue weighted by Crippen LogP contribution is 2.34. The Morgan fingerprint density at radius 1 is 1.40 bits per heavy atom. The van der Waals surface area contributed by atoms with Crippen molar-refractivity contribution in [3.63, 3.8) is 0 Å². The highest BCUT2D eigenvalue weighted by atomic mass is 32.2. The van der Waals surface area contributed by atoms with Gasteiger partial charge in [-0.3, -0.25) is 4.90 Å². The quantitative estimate of drug-likeness (QED) is 0.821. The van der Waals surface area contributed by atoms with Gasteiger partial charge in [0.05, 0.1) is 0 Å². The van der Waals surface area contributed by atoms with E-state index in [4.69, 9.17) is 10.5 Å². The van der Waals surface area contributed by atoms with Crippen LogP contribution in [0.1, 0.15) is 26.2 Å². The van der Waals surface area contributed by atoms with Crippen LogP contribution in [0.3, 0.4) is 0 Å². The van der Waals surface area contributed by atoms with E-state index in [-0.39, 0.29) is 16.7 Å². The number of hydrogen-bond donors (Lipinski definition) is 1. The van der Waals surface area contributed by atoms with Crippen molar-refractivity contribution in [2.75, 3.05) is 43.6 Å². The van der Waals surface area contributed by atoms with Gasteiger partial charge in [0.15, 0.2) is 9.84 Å². The summed E-state index contributed by atoms with van der Waals surface area (Å²) in [6.07, 6.45) is 2.73. The Bertz CT molecular complexity index is 406. The Morgan fingerprint density at radius 2 is 2.20 bits per heavy atom. The third-order valence-electron chi connectivity index (χ3n) is 4.53. The van der Waals surface area contributed by atoms with Gasteiger partial charge in [0.2, 0.25) is 0 Å². The van der Waals surface area contributed by atoms with Crippen molar-refractivity contribution in [2.24, 2.45) is 5.73 Å². The second kappa shape index (κ2) is 6.96. The minimum Gasteiger partial charge on any atom is -0.381 e. The Morgan fingerprint density at radius 3 is 2.90 bits per heavy atom. The summed E-state index contributed by atoms with van der Waals surface area (Å²) in [6, 6.07) is 0. The summed E-state index contributed by atoms with van der Waals surface area (Å²) < 4.78 is 30.4. The van der Waals surface area contributed by atoms with Gasteiger partial charge in [0, 0.05) is 49.1 Å². The summed E-state index contributed by atoms with van der Waals surface area (Å²) in [6.45, 7) is 4.50. The number of thioether (sulfide) groups is 1. The Labute approximate surface area is 126 Å². The fourth-order valence-corrected chi connectivity index (χ4v) is 6.31. The second-order valence-corrected chi connectivity index (χ2v) is 9.17. The minimum absolute atomic E-state index is 0.200. The molecule has 20 heavy (non-hydrogen) atoms. The molecule has 0 saturated carbocycles. The highest BCUT2D eigenvalue weighted by molar-refractivity contribution is 8.01. The van der Waals surface area contributed by atoms with Gasteiger partial charge in [-0.15, -0.1) is 0 Å². The van der Waals surface area contributed by atoms with E-state index in [2.05, 4.69) is 4.90 Å². The zero-order chi connectivity index (χ0) is 14.6. The summed E-state index contributed by atoms with van der Waals surface area (Å²) in [5.74, 6) is 1.85. The number of nitrogens with zero attached hydrogens (tertiary/aromatic N) is 1. The van der Waals surface area contributed by atoms with Crippen molar-refractivity contribution in [3.05, 3.63) is 0 Å². The third kappa shape index (κ3) is 3.32. The maximum Gasteiger partial charge on any atom is 0.166 e. The van der Waals surface area contributed by atoms with E-state index in [9.17, 15) is 8.42 Å². The molecule has 0 spiro atoms. The SMILES string of the molecule is CCS(=O)(=O)C1CSCCN1C1(CN)CCCOCC1. The average molecular weight is 322 g/mol. The molecule has 2 atom stereocenters. The summed E-state index contributed by atoms with van der Waals surface area (Å²) in [7, 11) is -3.07. The van der Waals surface area contributed by atoms with Gasteiger partial charge < -0.3 is 10.5 Å². The van der Waals surface area contributed by atoms with Crippen LogP contribution in [-0.2, 0) is 14.6 Å². The highest BCUT2D eigenvalue weighted by Gasteiger charge is 2.45. The lowest BCUT2D eigenvalue weighted by atomic mass is 9.88. The third-order valence-corrected chi connectivity index (χ3v) is 7.82. The van der Waals surface area contributed by atoms with Crippen LogP contribution in [0.5, 0.6) is 0 Å². The molecule has 7 heteroatoms. The molecule has 0 radical (unpaired) electrons. The first kappa shape index (κ1) is 16.5. The predicted octanol–water partition coefficient (Wildman–Crippen LogP) is 0.694. The van der Waals surface area contributed by atoms with Crippen LogP contribution in [0.25, 0.3) is 0 Å². The molecule has 2 heterocycles. The van der Waals surface area contributed by atoms with Crippen LogP contribution in [0.15, 0.2) is 0 Å². The molecule has 2 rings (SSSR count). The molecule has 118 valence electrons. The maximum absolute atomic E-state index is 12.4. The van der Waals surface area contributed by atoms with Crippen LogP contribution in [-0.4, -0.2) is 67.8 Å². The normalized spacial score (nSPS) is 33.8. The summed E-state index contributed by atoms with van der Waals surface area (Å²) in [5.41, 5.74) is 5.88. The standard InChI is InChI=1S/C13H26N2O3S2/c1-2-20(16,17)12-10-19-9-6-15(12)13(11-14)4-3-7-18-8-5-13/h12H,2-11,14H2,1H3. The van der Waals surface area contributed by atoms with Crippen LogP contribution >= 0.6 is 11.8 Å². The molecule has 0 aromatic rings. The minimum atomic E-state index is -3.07. The van der Waals surface area contributed by atoms with Crippen molar-refractivity contribution in [3.8, 4) is 0 Å². The fourth-order valence-electron chi connectivity index (χ4n) is 3.21. The lowest BCUT2D eigenvalue weighted by Crippen LogP contribution is -2.62. The van der Waals surface area contributed by atoms with Crippen LogP contribution < -0.4 is 5.73 Å². The molecule has 0 bridgehead atoms. The van der Waals surface area contributed by atoms with Gasteiger partial charge in [-0.25, -0.2) is 8.42 Å². The van der Waals surface area contributed by atoms with E-state index in [1.165, 1.54) is 0 Å².